The normalized spacial score (nSPS) is 13.0. The molecule has 0 spiro atoms. The van der Waals surface area contributed by atoms with E-state index < -0.39 is 11.9 Å². The fraction of sp³-hybridized carbons (Fsp3) is 0.400. The molecule has 1 unspecified atom stereocenters. The van der Waals surface area contributed by atoms with Gasteiger partial charge in [0.2, 0.25) is 0 Å². The Morgan fingerprint density at radius 3 is 2.57 bits per heavy atom. The molecule has 0 amide bonds. The van der Waals surface area contributed by atoms with Crippen molar-refractivity contribution in [3.05, 3.63) is 33.6 Å². The minimum atomic E-state index is -0.859. The van der Waals surface area contributed by atoms with Crippen LogP contribution in [0.2, 0.25) is 5.02 Å². The molecule has 1 aromatic carbocycles. The van der Waals surface area contributed by atoms with Crippen LogP contribution >= 0.6 is 11.6 Å². The number of aliphatic hydroxyl groups is 1. The zero-order valence-corrected chi connectivity index (χ0v) is 8.90. The van der Waals surface area contributed by atoms with Gasteiger partial charge in [-0.05, 0) is 31.0 Å². The Labute approximate surface area is 87.5 Å². The maximum Gasteiger partial charge on any atom is 0.127 e. The summed E-state index contributed by atoms with van der Waals surface area (Å²) in [6.45, 7) is 3.39. The molecule has 0 aliphatic rings. The van der Waals surface area contributed by atoms with E-state index >= 15 is 0 Å². The monoisotopic (exact) mass is 217 g/mol. The number of halogens is 2. The van der Waals surface area contributed by atoms with Gasteiger partial charge >= 0.3 is 0 Å². The molecule has 0 aromatic heterocycles. The van der Waals surface area contributed by atoms with Gasteiger partial charge < -0.3 is 10.8 Å². The predicted molar refractivity (Wildman–Crippen MR) is 54.9 cm³/mol. The fourth-order valence-corrected chi connectivity index (χ4v) is 1.54. The molecular formula is C10H13ClFNO. The second-order valence-electron chi connectivity index (χ2n) is 3.26. The minimum Gasteiger partial charge on any atom is -0.387 e. The molecule has 0 saturated heterocycles. The molecule has 1 aromatic rings. The molecule has 0 aliphatic carbocycles. The largest absolute Gasteiger partial charge is 0.387 e. The van der Waals surface area contributed by atoms with Crippen molar-refractivity contribution in [1.29, 1.82) is 0 Å². The van der Waals surface area contributed by atoms with Gasteiger partial charge in [0.05, 0.1) is 6.10 Å². The number of hydrogen-bond donors (Lipinski definition) is 2. The summed E-state index contributed by atoms with van der Waals surface area (Å²) >= 11 is 5.90. The predicted octanol–water partition coefficient (Wildman–Crippen LogP) is 2.09. The number of aliphatic hydroxyl groups excluding tert-OH is 1. The Balaban J connectivity index is 3.33. The van der Waals surface area contributed by atoms with Crippen molar-refractivity contribution >= 4 is 11.6 Å². The summed E-state index contributed by atoms with van der Waals surface area (Å²) < 4.78 is 13.3. The average Bonchev–Trinajstić information content (AvgIpc) is 2.19. The molecule has 78 valence electrons. The molecule has 0 bridgehead atoms. The van der Waals surface area contributed by atoms with Crippen LogP contribution < -0.4 is 5.73 Å². The molecule has 1 atom stereocenters. The number of hydrogen-bond acceptors (Lipinski definition) is 2. The van der Waals surface area contributed by atoms with E-state index in [1.807, 2.05) is 0 Å². The molecule has 0 heterocycles. The van der Waals surface area contributed by atoms with Crippen LogP contribution in [0.3, 0.4) is 0 Å². The number of rotatable bonds is 2. The molecular weight excluding hydrogens is 205 g/mol. The van der Waals surface area contributed by atoms with Crippen LogP contribution in [0.15, 0.2) is 6.07 Å². The third-order valence-corrected chi connectivity index (χ3v) is 2.88. The van der Waals surface area contributed by atoms with Gasteiger partial charge in [0.15, 0.2) is 0 Å². The SMILES string of the molecule is Cc1c(F)cc(C(O)CN)c(C)c1Cl. The van der Waals surface area contributed by atoms with E-state index in [0.29, 0.717) is 21.7 Å². The molecule has 0 saturated carbocycles. The Bertz CT molecular complexity index is 354. The van der Waals surface area contributed by atoms with Gasteiger partial charge in [-0.2, -0.15) is 0 Å². The van der Waals surface area contributed by atoms with E-state index in [4.69, 9.17) is 17.3 Å². The summed E-state index contributed by atoms with van der Waals surface area (Å²) in [4.78, 5) is 0. The van der Waals surface area contributed by atoms with Crippen LogP contribution in [0, 0.1) is 19.7 Å². The van der Waals surface area contributed by atoms with Gasteiger partial charge in [0.25, 0.3) is 0 Å². The lowest BCUT2D eigenvalue weighted by molar-refractivity contribution is 0.185. The molecule has 0 aliphatic heterocycles. The van der Waals surface area contributed by atoms with Crippen LogP contribution in [0.25, 0.3) is 0 Å². The van der Waals surface area contributed by atoms with Crippen LogP contribution in [0.1, 0.15) is 22.8 Å². The maximum absolute atomic E-state index is 13.3. The van der Waals surface area contributed by atoms with Crippen molar-refractivity contribution in [2.75, 3.05) is 6.54 Å². The first-order chi connectivity index (χ1) is 6.49. The van der Waals surface area contributed by atoms with Gasteiger partial charge in [0.1, 0.15) is 5.82 Å². The summed E-state index contributed by atoms with van der Waals surface area (Å²) in [5.74, 6) is -0.414. The van der Waals surface area contributed by atoms with Crippen molar-refractivity contribution in [3.8, 4) is 0 Å². The summed E-state index contributed by atoms with van der Waals surface area (Å²) in [5, 5.41) is 9.85. The van der Waals surface area contributed by atoms with Crippen molar-refractivity contribution in [3.63, 3.8) is 0 Å². The Morgan fingerprint density at radius 2 is 2.07 bits per heavy atom. The molecule has 2 nitrogen and oxygen atoms in total. The number of benzene rings is 1. The number of nitrogens with two attached hydrogens (primary N) is 1. The third kappa shape index (κ3) is 1.90. The van der Waals surface area contributed by atoms with Crippen LogP contribution in [-0.2, 0) is 0 Å². The molecule has 0 radical (unpaired) electrons. The molecule has 3 N–H and O–H groups in total. The summed E-state index contributed by atoms with van der Waals surface area (Å²) in [6, 6.07) is 1.29. The first kappa shape index (κ1) is 11.4. The third-order valence-electron chi connectivity index (χ3n) is 2.31. The van der Waals surface area contributed by atoms with E-state index in [1.165, 1.54) is 6.07 Å². The minimum absolute atomic E-state index is 0.0552. The van der Waals surface area contributed by atoms with E-state index in [2.05, 4.69) is 0 Å². The highest BCUT2D eigenvalue weighted by molar-refractivity contribution is 6.32. The highest BCUT2D eigenvalue weighted by Crippen LogP contribution is 2.29. The summed E-state index contributed by atoms with van der Waals surface area (Å²) in [7, 11) is 0. The highest BCUT2D eigenvalue weighted by Gasteiger charge is 2.15. The second-order valence-corrected chi connectivity index (χ2v) is 3.64. The second kappa shape index (κ2) is 4.26. The van der Waals surface area contributed by atoms with Crippen LogP contribution in [0.4, 0.5) is 4.39 Å². The van der Waals surface area contributed by atoms with Gasteiger partial charge in [0, 0.05) is 17.1 Å². The van der Waals surface area contributed by atoms with Crippen molar-refractivity contribution in [2.24, 2.45) is 5.73 Å². The van der Waals surface area contributed by atoms with Gasteiger partial charge in [-0.3, -0.25) is 0 Å². The first-order valence-electron chi connectivity index (χ1n) is 4.32. The van der Waals surface area contributed by atoms with Crippen LogP contribution in [0.5, 0.6) is 0 Å². The fourth-order valence-electron chi connectivity index (χ4n) is 1.34. The Kier molecular flexibility index (Phi) is 3.48. The van der Waals surface area contributed by atoms with Crippen molar-refractivity contribution in [1.82, 2.24) is 0 Å². The topological polar surface area (TPSA) is 46.2 Å². The zero-order valence-electron chi connectivity index (χ0n) is 8.14. The van der Waals surface area contributed by atoms with E-state index in [-0.39, 0.29) is 6.54 Å². The van der Waals surface area contributed by atoms with Crippen molar-refractivity contribution in [2.45, 2.75) is 20.0 Å². The quantitative estimate of drug-likeness (QED) is 0.797. The van der Waals surface area contributed by atoms with Crippen molar-refractivity contribution < 1.29 is 9.50 Å². The zero-order chi connectivity index (χ0) is 10.9. The molecule has 14 heavy (non-hydrogen) atoms. The lowest BCUT2D eigenvalue weighted by Gasteiger charge is -2.14. The maximum atomic E-state index is 13.3. The van der Waals surface area contributed by atoms with E-state index in [0.717, 1.165) is 0 Å². The standard InChI is InChI=1S/C10H13ClFNO/c1-5-7(9(14)4-13)3-8(12)6(2)10(5)11/h3,9,14H,4,13H2,1-2H3. The van der Waals surface area contributed by atoms with Gasteiger partial charge in [-0.15, -0.1) is 0 Å². The van der Waals surface area contributed by atoms with Gasteiger partial charge in [-0.1, -0.05) is 11.6 Å². The van der Waals surface area contributed by atoms with Gasteiger partial charge in [-0.25, -0.2) is 4.39 Å². The van der Waals surface area contributed by atoms with E-state index in [1.54, 1.807) is 13.8 Å². The molecule has 1 rings (SSSR count). The smallest absolute Gasteiger partial charge is 0.127 e. The van der Waals surface area contributed by atoms with Crippen LogP contribution in [-0.4, -0.2) is 11.7 Å². The summed E-state index contributed by atoms with van der Waals surface area (Å²) in [5.41, 5.74) is 6.84. The Hall–Kier alpha value is -0.640. The molecule has 4 heteroatoms. The average molecular weight is 218 g/mol. The summed E-state index contributed by atoms with van der Waals surface area (Å²) in [6.07, 6.45) is -0.859. The highest BCUT2D eigenvalue weighted by atomic mass is 35.5. The lowest BCUT2D eigenvalue weighted by atomic mass is 10.0. The van der Waals surface area contributed by atoms with E-state index in [9.17, 15) is 9.50 Å². The lowest BCUT2D eigenvalue weighted by Crippen LogP contribution is -2.13. The molecule has 0 fully saturated rings. The first-order valence-corrected chi connectivity index (χ1v) is 4.70. The Morgan fingerprint density at radius 1 is 1.50 bits per heavy atom.